The Hall–Kier alpha value is -2.61. The van der Waals surface area contributed by atoms with Crippen molar-refractivity contribution in [3.8, 4) is 5.69 Å². The van der Waals surface area contributed by atoms with Crippen LogP contribution in [0.4, 0.5) is 8.78 Å². The average molecular weight is 451 g/mol. The van der Waals surface area contributed by atoms with Gasteiger partial charge in [-0.15, -0.1) is 0 Å². The van der Waals surface area contributed by atoms with Crippen molar-refractivity contribution in [1.29, 1.82) is 0 Å². The van der Waals surface area contributed by atoms with Gasteiger partial charge in [0.2, 0.25) is 0 Å². The summed E-state index contributed by atoms with van der Waals surface area (Å²) in [7, 11) is 0. The number of halogens is 4. The van der Waals surface area contributed by atoms with Crippen LogP contribution in [0.1, 0.15) is 0 Å². The minimum Gasteiger partial charge on any atom is -0.273 e. The molecule has 146 valence electrons. The SMILES string of the molecule is O=c1[nH]c(=O)n(-c2c(Cl)cccc2Cl)c2ccc(Sc3ccc(F)cc3F)cc12. The first-order valence-corrected chi connectivity index (χ1v) is 9.79. The van der Waals surface area contributed by atoms with Crippen LogP contribution in [0.2, 0.25) is 10.0 Å². The summed E-state index contributed by atoms with van der Waals surface area (Å²) in [6.45, 7) is 0. The molecule has 1 N–H and O–H groups in total. The Morgan fingerprint density at radius 2 is 1.66 bits per heavy atom. The third-order valence-electron chi connectivity index (χ3n) is 4.16. The lowest BCUT2D eigenvalue weighted by Crippen LogP contribution is -2.29. The van der Waals surface area contributed by atoms with Crippen molar-refractivity contribution in [2.75, 3.05) is 0 Å². The van der Waals surface area contributed by atoms with Crippen LogP contribution in [0.25, 0.3) is 16.6 Å². The van der Waals surface area contributed by atoms with Gasteiger partial charge in [0, 0.05) is 15.9 Å². The van der Waals surface area contributed by atoms with E-state index >= 15 is 0 Å². The van der Waals surface area contributed by atoms with Crippen LogP contribution in [0.5, 0.6) is 0 Å². The fraction of sp³-hybridized carbons (Fsp3) is 0. The molecule has 0 unspecified atom stereocenters. The highest BCUT2D eigenvalue weighted by Crippen LogP contribution is 2.33. The van der Waals surface area contributed by atoms with Crippen LogP contribution >= 0.6 is 35.0 Å². The molecule has 9 heteroatoms. The van der Waals surface area contributed by atoms with Crippen molar-refractivity contribution in [2.24, 2.45) is 0 Å². The van der Waals surface area contributed by atoms with Gasteiger partial charge in [0.05, 0.1) is 26.6 Å². The van der Waals surface area contributed by atoms with E-state index in [4.69, 9.17) is 23.2 Å². The Balaban J connectivity index is 1.91. The summed E-state index contributed by atoms with van der Waals surface area (Å²) < 4.78 is 28.3. The summed E-state index contributed by atoms with van der Waals surface area (Å²) in [4.78, 5) is 27.9. The van der Waals surface area contributed by atoms with Crippen molar-refractivity contribution in [3.63, 3.8) is 0 Å². The monoisotopic (exact) mass is 450 g/mol. The summed E-state index contributed by atoms with van der Waals surface area (Å²) in [6.07, 6.45) is 0. The predicted molar refractivity (Wildman–Crippen MR) is 111 cm³/mol. The second kappa shape index (κ2) is 7.67. The van der Waals surface area contributed by atoms with E-state index < -0.39 is 22.9 Å². The molecule has 0 aliphatic heterocycles. The third-order valence-corrected chi connectivity index (χ3v) is 5.81. The number of hydrogen-bond donors (Lipinski definition) is 1. The molecule has 4 rings (SSSR count). The molecule has 0 aliphatic rings. The molecule has 0 atom stereocenters. The van der Waals surface area contributed by atoms with Gasteiger partial charge in [-0.3, -0.25) is 14.3 Å². The van der Waals surface area contributed by atoms with Crippen LogP contribution in [-0.4, -0.2) is 9.55 Å². The lowest BCUT2D eigenvalue weighted by atomic mass is 10.2. The first-order chi connectivity index (χ1) is 13.8. The molecule has 0 radical (unpaired) electrons. The number of rotatable bonds is 3. The van der Waals surface area contributed by atoms with Crippen LogP contribution in [0.3, 0.4) is 0 Å². The van der Waals surface area contributed by atoms with Gasteiger partial charge >= 0.3 is 5.69 Å². The fourth-order valence-electron chi connectivity index (χ4n) is 2.89. The summed E-state index contributed by atoms with van der Waals surface area (Å²) in [5.74, 6) is -1.39. The van der Waals surface area contributed by atoms with Gasteiger partial charge in [0.25, 0.3) is 5.56 Å². The summed E-state index contributed by atoms with van der Waals surface area (Å²) >= 11 is 13.5. The Morgan fingerprint density at radius 1 is 0.931 bits per heavy atom. The lowest BCUT2D eigenvalue weighted by Gasteiger charge is -2.13. The van der Waals surface area contributed by atoms with Gasteiger partial charge in [-0.1, -0.05) is 41.0 Å². The van der Waals surface area contributed by atoms with Crippen molar-refractivity contribution in [1.82, 2.24) is 9.55 Å². The molecule has 0 saturated carbocycles. The Labute approximate surface area is 176 Å². The average Bonchev–Trinajstić information content (AvgIpc) is 2.66. The second-order valence-corrected chi connectivity index (χ2v) is 7.95. The van der Waals surface area contributed by atoms with Crippen molar-refractivity contribution in [3.05, 3.63) is 97.1 Å². The predicted octanol–water partition coefficient (Wildman–Crippen LogP) is 5.42. The summed E-state index contributed by atoms with van der Waals surface area (Å²) in [5.41, 5.74) is -0.765. The molecule has 0 saturated heterocycles. The molecular weight excluding hydrogens is 441 g/mol. The number of para-hydroxylation sites is 1. The molecule has 0 amide bonds. The number of hydrogen-bond acceptors (Lipinski definition) is 3. The number of aromatic nitrogens is 2. The van der Waals surface area contributed by atoms with E-state index in [1.165, 1.54) is 16.7 Å². The smallest absolute Gasteiger partial charge is 0.273 e. The number of nitrogens with one attached hydrogen (secondary N) is 1. The van der Waals surface area contributed by atoms with E-state index in [1.807, 2.05) is 0 Å². The first kappa shape index (κ1) is 19.7. The van der Waals surface area contributed by atoms with E-state index in [1.54, 1.807) is 30.3 Å². The molecule has 29 heavy (non-hydrogen) atoms. The lowest BCUT2D eigenvalue weighted by molar-refractivity contribution is 0.565. The van der Waals surface area contributed by atoms with E-state index in [0.29, 0.717) is 4.90 Å². The van der Waals surface area contributed by atoms with Gasteiger partial charge in [0.15, 0.2) is 0 Å². The highest BCUT2D eigenvalue weighted by molar-refractivity contribution is 7.99. The third kappa shape index (κ3) is 3.69. The zero-order valence-corrected chi connectivity index (χ0v) is 16.7. The van der Waals surface area contributed by atoms with Crippen LogP contribution in [0.15, 0.2) is 74.0 Å². The van der Waals surface area contributed by atoms with Crippen molar-refractivity contribution >= 4 is 45.9 Å². The zero-order valence-electron chi connectivity index (χ0n) is 14.4. The summed E-state index contributed by atoms with van der Waals surface area (Å²) in [5, 5.41) is 0.660. The molecule has 1 aromatic heterocycles. The number of aromatic amines is 1. The minimum atomic E-state index is -0.711. The Morgan fingerprint density at radius 3 is 2.34 bits per heavy atom. The van der Waals surface area contributed by atoms with Gasteiger partial charge in [0.1, 0.15) is 11.6 Å². The molecule has 0 fully saturated rings. The molecular formula is C20H10Cl2F2N2O2S. The molecule has 4 nitrogen and oxygen atoms in total. The standard InChI is InChI=1S/C20H10Cl2F2N2O2S/c21-13-2-1-3-14(22)18(13)26-16-6-5-11(9-12(16)19(27)25-20(26)28)29-17-7-4-10(23)8-15(17)24/h1-9H,(H,25,27,28). The normalized spacial score (nSPS) is 11.2. The van der Waals surface area contributed by atoms with Gasteiger partial charge in [-0.25, -0.2) is 13.6 Å². The molecule has 3 aromatic carbocycles. The quantitative estimate of drug-likeness (QED) is 0.453. The van der Waals surface area contributed by atoms with E-state index in [0.717, 1.165) is 23.9 Å². The fourth-order valence-corrected chi connectivity index (χ4v) is 4.32. The summed E-state index contributed by atoms with van der Waals surface area (Å²) in [6, 6.07) is 12.7. The zero-order chi connectivity index (χ0) is 20.7. The second-order valence-electron chi connectivity index (χ2n) is 6.02. The topological polar surface area (TPSA) is 54.9 Å². The highest BCUT2D eigenvalue weighted by Gasteiger charge is 2.16. The van der Waals surface area contributed by atoms with E-state index in [9.17, 15) is 18.4 Å². The molecule has 0 bridgehead atoms. The van der Waals surface area contributed by atoms with Crippen LogP contribution < -0.4 is 11.2 Å². The number of nitrogens with zero attached hydrogens (tertiary/aromatic N) is 1. The molecule has 4 aromatic rings. The van der Waals surface area contributed by atoms with Gasteiger partial charge in [-0.05, 0) is 42.5 Å². The molecule has 0 aliphatic carbocycles. The van der Waals surface area contributed by atoms with Crippen LogP contribution in [-0.2, 0) is 0 Å². The first-order valence-electron chi connectivity index (χ1n) is 8.21. The molecule has 1 heterocycles. The maximum atomic E-state index is 14.0. The number of fused-ring (bicyclic) bond motifs is 1. The Bertz CT molecular complexity index is 1370. The maximum Gasteiger partial charge on any atom is 0.333 e. The van der Waals surface area contributed by atoms with Gasteiger partial charge < -0.3 is 0 Å². The number of benzene rings is 3. The molecule has 0 spiro atoms. The van der Waals surface area contributed by atoms with Crippen molar-refractivity contribution in [2.45, 2.75) is 9.79 Å². The largest absolute Gasteiger partial charge is 0.333 e. The van der Waals surface area contributed by atoms with E-state index in [-0.39, 0.29) is 31.5 Å². The minimum absolute atomic E-state index is 0.188. The maximum absolute atomic E-state index is 14.0. The van der Waals surface area contributed by atoms with Crippen molar-refractivity contribution < 1.29 is 8.78 Å². The van der Waals surface area contributed by atoms with E-state index in [2.05, 4.69) is 4.98 Å². The number of H-pyrrole nitrogens is 1. The highest BCUT2D eigenvalue weighted by atomic mass is 35.5. The Kier molecular flexibility index (Phi) is 5.21. The van der Waals surface area contributed by atoms with Gasteiger partial charge in [-0.2, -0.15) is 0 Å². The van der Waals surface area contributed by atoms with Crippen LogP contribution in [0, 0.1) is 11.6 Å².